The highest BCUT2D eigenvalue weighted by Crippen LogP contribution is 2.65. The van der Waals surface area contributed by atoms with Gasteiger partial charge in [-0.25, -0.2) is 8.42 Å². The molecule has 1 aliphatic carbocycles. The molecule has 0 radical (unpaired) electrons. The molecule has 1 spiro atoms. The zero-order chi connectivity index (χ0) is 21.1. The number of halogens is 1. The summed E-state index contributed by atoms with van der Waals surface area (Å²) >= 11 is 6.21. The number of aromatic nitrogens is 4. The van der Waals surface area contributed by atoms with E-state index in [2.05, 4.69) is 15.3 Å². The Kier molecular flexibility index (Phi) is 4.53. The molecule has 1 aromatic carbocycles. The van der Waals surface area contributed by atoms with E-state index >= 15 is 0 Å². The van der Waals surface area contributed by atoms with Gasteiger partial charge in [-0.15, -0.1) is 10.2 Å². The van der Waals surface area contributed by atoms with E-state index in [0.29, 0.717) is 30.6 Å². The van der Waals surface area contributed by atoms with Crippen LogP contribution in [0.2, 0.25) is 5.15 Å². The van der Waals surface area contributed by atoms with Crippen LogP contribution in [0.5, 0.6) is 0 Å². The average molecular weight is 448 g/mol. The van der Waals surface area contributed by atoms with Gasteiger partial charge in [-0.1, -0.05) is 29.8 Å². The molecule has 2 fully saturated rings. The highest BCUT2D eigenvalue weighted by molar-refractivity contribution is 7.89. The quantitative estimate of drug-likeness (QED) is 0.608. The lowest BCUT2D eigenvalue weighted by Gasteiger charge is -2.31. The molecule has 0 bridgehead atoms. The molecule has 158 valence electrons. The number of piperidine rings is 1. The second kappa shape index (κ2) is 6.90. The summed E-state index contributed by atoms with van der Waals surface area (Å²) in [6.07, 6.45) is 2.47. The van der Waals surface area contributed by atoms with Gasteiger partial charge in [-0.2, -0.15) is 9.40 Å². The van der Waals surface area contributed by atoms with Gasteiger partial charge in [0.25, 0.3) is 0 Å². The molecule has 2 aliphatic rings. The van der Waals surface area contributed by atoms with E-state index in [-0.39, 0.29) is 21.4 Å². The lowest BCUT2D eigenvalue weighted by Crippen LogP contribution is -2.39. The van der Waals surface area contributed by atoms with Crippen LogP contribution in [0.4, 0.5) is 0 Å². The molecule has 2 aromatic heterocycles. The van der Waals surface area contributed by atoms with Gasteiger partial charge in [0, 0.05) is 31.6 Å². The Labute approximate surface area is 179 Å². The first-order valence-electron chi connectivity index (χ1n) is 9.90. The SMILES string of the molecule is Cc1nn(C)c(Cl)c1S(=O)(=O)N1CCC2(CC1)C[C@H]2c1nnc(-c2ccccc2)o1. The van der Waals surface area contributed by atoms with E-state index in [4.69, 9.17) is 16.0 Å². The summed E-state index contributed by atoms with van der Waals surface area (Å²) in [5.74, 6) is 1.36. The molecule has 5 rings (SSSR count). The van der Waals surface area contributed by atoms with Crippen LogP contribution < -0.4 is 0 Å². The Hall–Kier alpha value is -2.23. The Morgan fingerprint density at radius 2 is 1.87 bits per heavy atom. The predicted molar refractivity (Wildman–Crippen MR) is 110 cm³/mol. The van der Waals surface area contributed by atoms with Crippen LogP contribution in [-0.2, 0) is 17.1 Å². The van der Waals surface area contributed by atoms with Gasteiger partial charge < -0.3 is 4.42 Å². The summed E-state index contributed by atoms with van der Waals surface area (Å²) in [5, 5.41) is 12.8. The Bertz CT molecular complexity index is 1200. The molecule has 1 saturated carbocycles. The van der Waals surface area contributed by atoms with Crippen LogP contribution in [-0.4, -0.2) is 45.8 Å². The van der Waals surface area contributed by atoms with Crippen LogP contribution >= 0.6 is 11.6 Å². The summed E-state index contributed by atoms with van der Waals surface area (Å²) < 4.78 is 35.1. The molecular formula is C20H22ClN5O3S. The van der Waals surface area contributed by atoms with Crippen molar-refractivity contribution in [1.29, 1.82) is 0 Å². The zero-order valence-electron chi connectivity index (χ0n) is 16.7. The monoisotopic (exact) mass is 447 g/mol. The molecule has 0 amide bonds. The first-order chi connectivity index (χ1) is 14.3. The molecule has 30 heavy (non-hydrogen) atoms. The normalized spacial score (nSPS) is 21.2. The molecule has 1 saturated heterocycles. The first-order valence-corrected chi connectivity index (χ1v) is 11.7. The Morgan fingerprint density at radius 3 is 2.50 bits per heavy atom. The number of aryl methyl sites for hydroxylation is 2. The molecule has 3 heterocycles. The summed E-state index contributed by atoms with van der Waals surface area (Å²) in [4.78, 5) is 0.111. The van der Waals surface area contributed by atoms with Crippen LogP contribution in [0.3, 0.4) is 0 Å². The average Bonchev–Trinajstić information content (AvgIpc) is 3.08. The number of sulfonamides is 1. The minimum atomic E-state index is -3.67. The predicted octanol–water partition coefficient (Wildman–Crippen LogP) is 3.39. The van der Waals surface area contributed by atoms with E-state index in [1.807, 2.05) is 30.3 Å². The molecule has 8 nitrogen and oxygen atoms in total. The fourth-order valence-corrected chi connectivity index (χ4v) is 6.67. The van der Waals surface area contributed by atoms with Crippen molar-refractivity contribution in [3.05, 3.63) is 47.1 Å². The van der Waals surface area contributed by atoms with Crippen molar-refractivity contribution < 1.29 is 12.8 Å². The van der Waals surface area contributed by atoms with Crippen molar-refractivity contribution in [2.45, 2.75) is 37.0 Å². The van der Waals surface area contributed by atoms with Gasteiger partial charge >= 0.3 is 0 Å². The number of hydrogen-bond donors (Lipinski definition) is 0. The van der Waals surface area contributed by atoms with Crippen LogP contribution in [0.25, 0.3) is 11.5 Å². The second-order valence-electron chi connectivity index (χ2n) is 8.16. The number of rotatable bonds is 4. The fourth-order valence-electron chi connectivity index (χ4n) is 4.53. The van der Waals surface area contributed by atoms with Gasteiger partial charge in [0.2, 0.25) is 21.8 Å². The molecule has 0 N–H and O–H groups in total. The maximum Gasteiger partial charge on any atom is 0.248 e. The largest absolute Gasteiger partial charge is 0.420 e. The summed E-state index contributed by atoms with van der Waals surface area (Å²) in [6, 6.07) is 9.69. The van der Waals surface area contributed by atoms with Crippen LogP contribution in [0.15, 0.2) is 39.6 Å². The van der Waals surface area contributed by atoms with E-state index in [1.54, 1.807) is 14.0 Å². The summed E-state index contributed by atoms with van der Waals surface area (Å²) in [6.45, 7) is 2.56. The number of nitrogens with zero attached hydrogens (tertiary/aromatic N) is 5. The van der Waals surface area contributed by atoms with E-state index in [1.165, 1.54) is 8.99 Å². The van der Waals surface area contributed by atoms with Crippen LogP contribution in [0, 0.1) is 12.3 Å². The van der Waals surface area contributed by atoms with E-state index in [0.717, 1.165) is 24.8 Å². The second-order valence-corrected chi connectivity index (χ2v) is 10.4. The molecule has 1 atom stereocenters. The molecular weight excluding hydrogens is 426 g/mol. The molecule has 1 aliphatic heterocycles. The lowest BCUT2D eigenvalue weighted by molar-refractivity contribution is 0.246. The fraction of sp³-hybridized carbons (Fsp3) is 0.450. The van der Waals surface area contributed by atoms with Crippen molar-refractivity contribution in [2.75, 3.05) is 13.1 Å². The first kappa shape index (κ1) is 19.7. The summed E-state index contributed by atoms with van der Waals surface area (Å²) in [5.41, 5.74) is 1.36. The van der Waals surface area contributed by atoms with Crippen molar-refractivity contribution in [3.8, 4) is 11.5 Å². The number of hydrogen-bond acceptors (Lipinski definition) is 6. The molecule has 3 aromatic rings. The minimum Gasteiger partial charge on any atom is -0.420 e. The topological polar surface area (TPSA) is 94.1 Å². The Morgan fingerprint density at radius 1 is 1.17 bits per heavy atom. The van der Waals surface area contributed by atoms with Crippen molar-refractivity contribution in [3.63, 3.8) is 0 Å². The number of benzene rings is 1. The summed E-state index contributed by atoms with van der Waals surface area (Å²) in [7, 11) is -2.03. The van der Waals surface area contributed by atoms with Crippen LogP contribution in [0.1, 0.15) is 36.8 Å². The maximum absolute atomic E-state index is 13.1. The Balaban J connectivity index is 1.30. The molecule has 10 heteroatoms. The zero-order valence-corrected chi connectivity index (χ0v) is 18.3. The van der Waals surface area contributed by atoms with Crippen molar-refractivity contribution in [2.24, 2.45) is 12.5 Å². The maximum atomic E-state index is 13.1. The third kappa shape index (κ3) is 3.07. The highest BCUT2D eigenvalue weighted by atomic mass is 35.5. The van der Waals surface area contributed by atoms with Crippen molar-refractivity contribution in [1.82, 2.24) is 24.3 Å². The van der Waals surface area contributed by atoms with E-state index < -0.39 is 10.0 Å². The standard InChI is InChI=1S/C20H22ClN5O3S/c1-13-16(17(21)25(2)24-13)30(27,28)26-10-8-20(9-11-26)12-15(20)19-23-22-18(29-19)14-6-4-3-5-7-14/h3-7,15H,8-12H2,1-2H3/t15-/m0/s1. The van der Waals surface area contributed by atoms with E-state index in [9.17, 15) is 8.42 Å². The lowest BCUT2D eigenvalue weighted by atomic mass is 9.92. The minimum absolute atomic E-state index is 0.0420. The van der Waals surface area contributed by atoms with Gasteiger partial charge in [-0.05, 0) is 43.7 Å². The van der Waals surface area contributed by atoms with Gasteiger partial charge in [-0.3, -0.25) is 4.68 Å². The van der Waals surface area contributed by atoms with Gasteiger partial charge in [0.05, 0.1) is 5.69 Å². The van der Waals surface area contributed by atoms with Crippen molar-refractivity contribution >= 4 is 21.6 Å². The third-order valence-corrected chi connectivity index (χ3v) is 8.96. The smallest absolute Gasteiger partial charge is 0.248 e. The van der Waals surface area contributed by atoms with Gasteiger partial charge in [0.15, 0.2) is 0 Å². The third-order valence-electron chi connectivity index (χ3n) is 6.37. The van der Waals surface area contributed by atoms with Gasteiger partial charge in [0.1, 0.15) is 10.0 Å². The molecule has 0 unspecified atom stereocenters. The highest BCUT2D eigenvalue weighted by Gasteiger charge is 2.59.